The highest BCUT2D eigenvalue weighted by molar-refractivity contribution is 6.32. The van der Waals surface area contributed by atoms with Crippen LogP contribution in [0.1, 0.15) is 18.9 Å². The number of methoxy groups -OCH3 is 1. The molecule has 5 nitrogen and oxygen atoms in total. The Morgan fingerprint density at radius 1 is 1.35 bits per heavy atom. The third-order valence-corrected chi connectivity index (χ3v) is 3.19. The standard InChI is InChI=1S/C14H17ClN4O/c1-3-4-10-13(16)17-8-18-14(10)19-9-5-6-12(20-2)11(15)7-9/h5-8H,3-4H2,1-2H3,(H3,16,17,18,19). The van der Waals surface area contributed by atoms with Crippen LogP contribution >= 0.6 is 11.6 Å². The fourth-order valence-corrected chi connectivity index (χ4v) is 2.17. The van der Waals surface area contributed by atoms with Gasteiger partial charge in [0.05, 0.1) is 12.1 Å². The van der Waals surface area contributed by atoms with E-state index in [1.807, 2.05) is 6.07 Å². The molecule has 0 aliphatic rings. The summed E-state index contributed by atoms with van der Waals surface area (Å²) in [5.74, 6) is 1.85. The normalized spacial score (nSPS) is 10.3. The summed E-state index contributed by atoms with van der Waals surface area (Å²) in [5.41, 5.74) is 7.64. The first-order chi connectivity index (χ1) is 9.65. The highest BCUT2D eigenvalue weighted by atomic mass is 35.5. The molecular formula is C14H17ClN4O. The van der Waals surface area contributed by atoms with Gasteiger partial charge in [-0.3, -0.25) is 0 Å². The summed E-state index contributed by atoms with van der Waals surface area (Å²) >= 11 is 6.11. The molecular weight excluding hydrogens is 276 g/mol. The summed E-state index contributed by atoms with van der Waals surface area (Å²) in [5, 5.41) is 3.76. The van der Waals surface area contributed by atoms with Gasteiger partial charge in [-0.05, 0) is 24.6 Å². The number of benzene rings is 1. The van der Waals surface area contributed by atoms with Gasteiger partial charge >= 0.3 is 0 Å². The van der Waals surface area contributed by atoms with Gasteiger partial charge in [0.25, 0.3) is 0 Å². The first-order valence-corrected chi connectivity index (χ1v) is 6.73. The lowest BCUT2D eigenvalue weighted by Crippen LogP contribution is -2.05. The van der Waals surface area contributed by atoms with Crippen molar-refractivity contribution in [1.29, 1.82) is 0 Å². The summed E-state index contributed by atoms with van der Waals surface area (Å²) in [6.07, 6.45) is 3.23. The Kier molecular flexibility index (Phi) is 4.63. The van der Waals surface area contributed by atoms with E-state index in [0.717, 1.165) is 24.1 Å². The molecule has 0 saturated carbocycles. The topological polar surface area (TPSA) is 73.1 Å². The van der Waals surface area contributed by atoms with Gasteiger partial charge < -0.3 is 15.8 Å². The van der Waals surface area contributed by atoms with Gasteiger partial charge in [0, 0.05) is 11.3 Å². The second-order valence-corrected chi connectivity index (χ2v) is 4.72. The van der Waals surface area contributed by atoms with Gasteiger partial charge in [-0.15, -0.1) is 0 Å². The average molecular weight is 293 g/mol. The maximum absolute atomic E-state index is 6.11. The molecule has 0 radical (unpaired) electrons. The molecule has 3 N–H and O–H groups in total. The molecule has 0 amide bonds. The van der Waals surface area contributed by atoms with E-state index in [0.29, 0.717) is 22.4 Å². The highest BCUT2D eigenvalue weighted by Crippen LogP contribution is 2.30. The molecule has 1 heterocycles. The van der Waals surface area contributed by atoms with Crippen LogP contribution in [0, 0.1) is 0 Å². The number of nitrogens with one attached hydrogen (secondary N) is 1. The summed E-state index contributed by atoms with van der Waals surface area (Å²) in [7, 11) is 1.58. The maximum atomic E-state index is 6.11. The summed E-state index contributed by atoms with van der Waals surface area (Å²) in [4.78, 5) is 8.27. The van der Waals surface area contributed by atoms with Crippen molar-refractivity contribution < 1.29 is 4.74 Å². The molecule has 2 rings (SSSR count). The van der Waals surface area contributed by atoms with Crippen molar-refractivity contribution in [1.82, 2.24) is 9.97 Å². The van der Waals surface area contributed by atoms with Crippen LogP contribution in [-0.4, -0.2) is 17.1 Å². The largest absolute Gasteiger partial charge is 0.495 e. The molecule has 0 aliphatic carbocycles. The number of nitrogens with zero attached hydrogens (tertiary/aromatic N) is 2. The van der Waals surface area contributed by atoms with Crippen LogP contribution in [-0.2, 0) is 6.42 Å². The van der Waals surface area contributed by atoms with E-state index in [2.05, 4.69) is 22.2 Å². The third kappa shape index (κ3) is 3.11. The molecule has 0 unspecified atom stereocenters. The molecule has 0 aliphatic heterocycles. The Balaban J connectivity index is 2.30. The minimum atomic E-state index is 0.504. The summed E-state index contributed by atoms with van der Waals surface area (Å²) < 4.78 is 5.13. The van der Waals surface area contributed by atoms with Gasteiger partial charge in [-0.1, -0.05) is 24.9 Å². The van der Waals surface area contributed by atoms with Crippen LogP contribution in [0.2, 0.25) is 5.02 Å². The average Bonchev–Trinajstić information content (AvgIpc) is 2.43. The molecule has 0 spiro atoms. The lowest BCUT2D eigenvalue weighted by molar-refractivity contribution is 0.415. The summed E-state index contributed by atoms with van der Waals surface area (Å²) in [6, 6.07) is 5.46. The fraction of sp³-hybridized carbons (Fsp3) is 0.286. The van der Waals surface area contributed by atoms with Crippen LogP contribution in [0.4, 0.5) is 17.3 Å². The van der Waals surface area contributed by atoms with Crippen molar-refractivity contribution in [3.63, 3.8) is 0 Å². The van der Waals surface area contributed by atoms with Crippen LogP contribution in [0.25, 0.3) is 0 Å². The van der Waals surface area contributed by atoms with Gasteiger partial charge in [0.1, 0.15) is 23.7 Å². The Morgan fingerprint density at radius 2 is 2.15 bits per heavy atom. The number of halogens is 1. The molecule has 0 atom stereocenters. The Morgan fingerprint density at radius 3 is 2.80 bits per heavy atom. The predicted octanol–water partition coefficient (Wildman–Crippen LogP) is 3.42. The molecule has 0 saturated heterocycles. The molecule has 20 heavy (non-hydrogen) atoms. The van der Waals surface area contributed by atoms with Crippen LogP contribution in [0.5, 0.6) is 5.75 Å². The molecule has 6 heteroatoms. The fourth-order valence-electron chi connectivity index (χ4n) is 1.91. The van der Waals surface area contributed by atoms with Gasteiger partial charge in [-0.2, -0.15) is 0 Å². The molecule has 2 aromatic rings. The SMILES string of the molecule is CCCc1c(N)ncnc1Nc1ccc(OC)c(Cl)c1. The number of rotatable bonds is 5. The van der Waals surface area contributed by atoms with Gasteiger partial charge in [0.2, 0.25) is 0 Å². The molecule has 1 aromatic heterocycles. The quantitative estimate of drug-likeness (QED) is 0.883. The molecule has 1 aromatic carbocycles. The number of ether oxygens (including phenoxy) is 1. The smallest absolute Gasteiger partial charge is 0.139 e. The van der Waals surface area contributed by atoms with Crippen molar-refractivity contribution >= 4 is 28.9 Å². The first-order valence-electron chi connectivity index (χ1n) is 6.35. The summed E-state index contributed by atoms with van der Waals surface area (Å²) in [6.45, 7) is 2.08. The Hall–Kier alpha value is -2.01. The number of aromatic nitrogens is 2. The van der Waals surface area contributed by atoms with E-state index < -0.39 is 0 Å². The lowest BCUT2D eigenvalue weighted by atomic mass is 10.1. The second kappa shape index (κ2) is 6.43. The number of hydrogen-bond donors (Lipinski definition) is 2. The number of nitrogens with two attached hydrogens (primary N) is 1. The highest BCUT2D eigenvalue weighted by Gasteiger charge is 2.09. The zero-order valence-electron chi connectivity index (χ0n) is 11.5. The number of hydrogen-bond acceptors (Lipinski definition) is 5. The maximum Gasteiger partial charge on any atom is 0.139 e. The van der Waals surface area contributed by atoms with E-state index >= 15 is 0 Å². The number of anilines is 3. The third-order valence-electron chi connectivity index (χ3n) is 2.89. The van der Waals surface area contributed by atoms with Crippen molar-refractivity contribution in [3.8, 4) is 5.75 Å². The molecule has 0 fully saturated rings. The molecule has 0 bridgehead atoms. The predicted molar refractivity (Wildman–Crippen MR) is 81.7 cm³/mol. The Labute approximate surface area is 123 Å². The second-order valence-electron chi connectivity index (χ2n) is 4.31. The van der Waals surface area contributed by atoms with Crippen molar-refractivity contribution in [2.24, 2.45) is 0 Å². The minimum absolute atomic E-state index is 0.504. The monoisotopic (exact) mass is 292 g/mol. The van der Waals surface area contributed by atoms with Crippen molar-refractivity contribution in [2.45, 2.75) is 19.8 Å². The zero-order valence-corrected chi connectivity index (χ0v) is 12.2. The van der Waals surface area contributed by atoms with Crippen LogP contribution in [0.3, 0.4) is 0 Å². The number of nitrogen functional groups attached to an aromatic ring is 1. The van der Waals surface area contributed by atoms with E-state index in [9.17, 15) is 0 Å². The first kappa shape index (κ1) is 14.4. The van der Waals surface area contributed by atoms with Crippen molar-refractivity contribution in [2.75, 3.05) is 18.2 Å². The lowest BCUT2D eigenvalue weighted by Gasteiger charge is -2.12. The van der Waals surface area contributed by atoms with E-state index in [1.54, 1.807) is 19.2 Å². The molecule has 106 valence electrons. The van der Waals surface area contributed by atoms with Crippen LogP contribution in [0.15, 0.2) is 24.5 Å². The van der Waals surface area contributed by atoms with E-state index in [4.69, 9.17) is 22.1 Å². The van der Waals surface area contributed by atoms with Crippen LogP contribution < -0.4 is 15.8 Å². The minimum Gasteiger partial charge on any atom is -0.495 e. The van der Waals surface area contributed by atoms with Gasteiger partial charge in [0.15, 0.2) is 0 Å². The Bertz CT molecular complexity index is 604. The van der Waals surface area contributed by atoms with E-state index in [-0.39, 0.29) is 0 Å². The van der Waals surface area contributed by atoms with Crippen molar-refractivity contribution in [3.05, 3.63) is 35.1 Å². The zero-order chi connectivity index (χ0) is 14.5. The van der Waals surface area contributed by atoms with Gasteiger partial charge in [-0.25, -0.2) is 9.97 Å². The van der Waals surface area contributed by atoms with E-state index in [1.165, 1.54) is 6.33 Å².